The predicted molar refractivity (Wildman–Crippen MR) is 74.2 cm³/mol. The average Bonchev–Trinajstić information content (AvgIpc) is 2.64. The molecule has 21 heavy (non-hydrogen) atoms. The monoisotopic (exact) mass is 298 g/mol. The van der Waals surface area contributed by atoms with Gasteiger partial charge in [0, 0.05) is 31.8 Å². The number of imide groups is 1. The minimum Gasteiger partial charge on any atom is -0.481 e. The van der Waals surface area contributed by atoms with E-state index < -0.39 is 17.4 Å². The fourth-order valence-electron chi connectivity index (χ4n) is 2.10. The number of nitrogens with zero attached hydrogens (tertiary/aromatic N) is 1. The van der Waals surface area contributed by atoms with E-state index in [1.54, 1.807) is 0 Å². The van der Waals surface area contributed by atoms with Crippen molar-refractivity contribution in [1.82, 2.24) is 10.2 Å². The number of nitrogens with one attached hydrogen (secondary N) is 1. The van der Waals surface area contributed by atoms with Crippen molar-refractivity contribution in [3.05, 3.63) is 0 Å². The summed E-state index contributed by atoms with van der Waals surface area (Å²) in [6.07, 6.45) is 0.217. The second-order valence-electron chi connectivity index (χ2n) is 6.27. The number of hydrogen-bond acceptors (Lipinski definition) is 4. The molecule has 2 N–H and O–H groups in total. The number of carbonyl (C=O) groups excluding carboxylic acids is 3. The first-order valence-electron chi connectivity index (χ1n) is 6.95. The van der Waals surface area contributed by atoms with Gasteiger partial charge in [-0.05, 0) is 5.41 Å². The Labute approximate surface area is 123 Å². The van der Waals surface area contributed by atoms with Crippen molar-refractivity contribution in [3.63, 3.8) is 0 Å². The lowest BCUT2D eigenvalue weighted by Gasteiger charge is -2.30. The third-order valence-electron chi connectivity index (χ3n) is 3.48. The Balaban J connectivity index is 2.52. The van der Waals surface area contributed by atoms with Gasteiger partial charge in [0.15, 0.2) is 0 Å². The first-order chi connectivity index (χ1) is 9.61. The van der Waals surface area contributed by atoms with Gasteiger partial charge in [-0.2, -0.15) is 0 Å². The fourth-order valence-corrected chi connectivity index (χ4v) is 2.10. The van der Waals surface area contributed by atoms with Gasteiger partial charge in [0.2, 0.25) is 17.7 Å². The lowest BCUT2D eigenvalue weighted by atomic mass is 9.84. The Morgan fingerprint density at radius 3 is 2.19 bits per heavy atom. The molecule has 3 amide bonds. The molecule has 0 aromatic carbocycles. The van der Waals surface area contributed by atoms with E-state index in [4.69, 9.17) is 5.11 Å². The normalized spacial score (nSPS) is 17.0. The summed E-state index contributed by atoms with van der Waals surface area (Å²) in [5.41, 5.74) is -0.396. The molecule has 1 aliphatic rings. The molecule has 1 atom stereocenters. The summed E-state index contributed by atoms with van der Waals surface area (Å²) in [4.78, 5) is 46.7. The van der Waals surface area contributed by atoms with Gasteiger partial charge < -0.3 is 10.4 Å². The van der Waals surface area contributed by atoms with Crippen LogP contribution in [0.5, 0.6) is 0 Å². The van der Waals surface area contributed by atoms with Crippen molar-refractivity contribution in [2.75, 3.05) is 6.54 Å². The van der Waals surface area contributed by atoms with Crippen molar-refractivity contribution in [2.24, 2.45) is 5.41 Å². The summed E-state index contributed by atoms with van der Waals surface area (Å²) in [5, 5.41) is 11.6. The summed E-state index contributed by atoms with van der Waals surface area (Å²) in [5.74, 6) is -1.86. The molecule has 7 heteroatoms. The van der Waals surface area contributed by atoms with Crippen LogP contribution in [0.3, 0.4) is 0 Å². The highest BCUT2D eigenvalue weighted by Crippen LogP contribution is 2.22. The molecule has 0 spiro atoms. The van der Waals surface area contributed by atoms with Crippen LogP contribution in [0.15, 0.2) is 0 Å². The van der Waals surface area contributed by atoms with Gasteiger partial charge >= 0.3 is 5.97 Å². The van der Waals surface area contributed by atoms with Crippen molar-refractivity contribution in [2.45, 2.75) is 52.5 Å². The minimum absolute atomic E-state index is 0.0102. The van der Waals surface area contributed by atoms with E-state index in [2.05, 4.69) is 5.32 Å². The van der Waals surface area contributed by atoms with E-state index >= 15 is 0 Å². The van der Waals surface area contributed by atoms with Gasteiger partial charge in [-0.3, -0.25) is 24.1 Å². The largest absolute Gasteiger partial charge is 0.481 e. The third-order valence-corrected chi connectivity index (χ3v) is 3.48. The fraction of sp³-hybridized carbons (Fsp3) is 0.714. The van der Waals surface area contributed by atoms with E-state index in [0.29, 0.717) is 0 Å². The van der Waals surface area contributed by atoms with Crippen LogP contribution in [0, 0.1) is 5.41 Å². The molecule has 0 aromatic heterocycles. The number of carboxylic acids is 1. The van der Waals surface area contributed by atoms with Crippen molar-refractivity contribution < 1.29 is 24.3 Å². The molecule has 118 valence electrons. The summed E-state index contributed by atoms with van der Waals surface area (Å²) < 4.78 is 0. The number of hydrogen-bond donors (Lipinski definition) is 2. The molecule has 1 rings (SSSR count). The zero-order valence-corrected chi connectivity index (χ0v) is 12.6. The number of carboxylic acid groups (broad SMARTS) is 1. The topological polar surface area (TPSA) is 104 Å². The van der Waals surface area contributed by atoms with E-state index in [1.807, 2.05) is 20.8 Å². The van der Waals surface area contributed by atoms with Crippen LogP contribution in [0.25, 0.3) is 0 Å². The van der Waals surface area contributed by atoms with Gasteiger partial charge in [0.1, 0.15) is 0 Å². The van der Waals surface area contributed by atoms with Gasteiger partial charge in [-0.15, -0.1) is 0 Å². The Bertz CT molecular complexity index is 437. The number of amides is 3. The van der Waals surface area contributed by atoms with Crippen LogP contribution >= 0.6 is 0 Å². The van der Waals surface area contributed by atoms with Gasteiger partial charge in [-0.25, -0.2) is 0 Å². The standard InChI is InChI=1S/C14H22N2O5/c1-14(2,3)9(8-13(20)21)15-10(17)6-7-16-11(18)4-5-12(16)19/h9H,4-8H2,1-3H3,(H,15,17)(H,20,21). The molecule has 7 nitrogen and oxygen atoms in total. The molecule has 0 aromatic rings. The Kier molecular flexibility index (Phi) is 5.46. The lowest BCUT2D eigenvalue weighted by Crippen LogP contribution is -2.46. The molecule has 0 saturated carbocycles. The Hall–Kier alpha value is -1.92. The second kappa shape index (κ2) is 6.69. The van der Waals surface area contributed by atoms with Crippen LogP contribution in [-0.4, -0.2) is 46.3 Å². The highest BCUT2D eigenvalue weighted by Gasteiger charge is 2.31. The quantitative estimate of drug-likeness (QED) is 0.696. The first kappa shape index (κ1) is 17.1. The molecule has 1 fully saturated rings. The van der Waals surface area contributed by atoms with E-state index in [9.17, 15) is 19.2 Å². The third kappa shape index (κ3) is 5.17. The molecule has 1 aliphatic heterocycles. The molecular weight excluding hydrogens is 276 g/mol. The maximum Gasteiger partial charge on any atom is 0.305 e. The zero-order chi connectivity index (χ0) is 16.2. The molecule has 0 bridgehead atoms. The Morgan fingerprint density at radius 2 is 1.76 bits per heavy atom. The molecule has 1 saturated heterocycles. The molecule has 0 radical (unpaired) electrons. The van der Waals surface area contributed by atoms with Crippen molar-refractivity contribution >= 4 is 23.7 Å². The first-order valence-corrected chi connectivity index (χ1v) is 6.95. The maximum absolute atomic E-state index is 11.9. The number of aliphatic carboxylic acids is 1. The minimum atomic E-state index is -0.986. The number of carbonyl (C=O) groups is 4. The van der Waals surface area contributed by atoms with Gasteiger partial charge in [-0.1, -0.05) is 20.8 Å². The zero-order valence-electron chi connectivity index (χ0n) is 12.6. The highest BCUT2D eigenvalue weighted by atomic mass is 16.4. The van der Waals surface area contributed by atoms with E-state index in [0.717, 1.165) is 4.90 Å². The lowest BCUT2D eigenvalue weighted by molar-refractivity contribution is -0.139. The number of likely N-dealkylation sites (tertiary alicyclic amines) is 1. The second-order valence-corrected chi connectivity index (χ2v) is 6.27. The van der Waals surface area contributed by atoms with Crippen molar-refractivity contribution in [1.29, 1.82) is 0 Å². The molecule has 1 heterocycles. The van der Waals surface area contributed by atoms with Crippen LogP contribution in [0.1, 0.15) is 46.5 Å². The van der Waals surface area contributed by atoms with Crippen LogP contribution in [0.4, 0.5) is 0 Å². The maximum atomic E-state index is 11.9. The molecule has 0 aliphatic carbocycles. The van der Waals surface area contributed by atoms with Gasteiger partial charge in [0.05, 0.1) is 6.42 Å². The summed E-state index contributed by atoms with van der Waals surface area (Å²) >= 11 is 0. The molecule has 1 unspecified atom stereocenters. The van der Waals surface area contributed by atoms with Crippen LogP contribution < -0.4 is 5.32 Å². The predicted octanol–water partition coefficient (Wildman–Crippen LogP) is 0.531. The van der Waals surface area contributed by atoms with E-state index in [-0.39, 0.29) is 49.9 Å². The van der Waals surface area contributed by atoms with Crippen molar-refractivity contribution in [3.8, 4) is 0 Å². The molecular formula is C14H22N2O5. The van der Waals surface area contributed by atoms with E-state index in [1.165, 1.54) is 0 Å². The smallest absolute Gasteiger partial charge is 0.305 e. The highest BCUT2D eigenvalue weighted by molar-refractivity contribution is 6.02. The summed E-state index contributed by atoms with van der Waals surface area (Å²) in [6, 6.07) is -0.507. The summed E-state index contributed by atoms with van der Waals surface area (Å²) in [7, 11) is 0. The number of rotatable bonds is 6. The summed E-state index contributed by atoms with van der Waals surface area (Å²) in [6.45, 7) is 5.57. The van der Waals surface area contributed by atoms with Crippen LogP contribution in [0.2, 0.25) is 0 Å². The average molecular weight is 298 g/mol. The Morgan fingerprint density at radius 1 is 1.24 bits per heavy atom. The SMILES string of the molecule is CC(C)(C)C(CC(=O)O)NC(=O)CCN1C(=O)CCC1=O. The van der Waals surface area contributed by atoms with Gasteiger partial charge in [0.25, 0.3) is 0 Å². The van der Waals surface area contributed by atoms with Crippen LogP contribution in [-0.2, 0) is 19.2 Å².